The molecule has 0 atom stereocenters. The molecule has 0 saturated carbocycles. The summed E-state index contributed by atoms with van der Waals surface area (Å²) < 4.78 is 6.33. The topological polar surface area (TPSA) is 13.1 Å². The van der Waals surface area contributed by atoms with E-state index in [9.17, 15) is 0 Å². The molecule has 0 aliphatic heterocycles. The van der Waals surface area contributed by atoms with Gasteiger partial charge in [0.1, 0.15) is 11.2 Å². The van der Waals surface area contributed by atoms with Crippen LogP contribution in [-0.2, 0) is 0 Å². The minimum Gasteiger partial charge on any atom is -0.456 e. The van der Waals surface area contributed by atoms with Gasteiger partial charge in [0.2, 0.25) is 0 Å². The molecule has 45 heavy (non-hydrogen) atoms. The average Bonchev–Trinajstić information content (AvgIpc) is 3.49. The van der Waals surface area contributed by atoms with Crippen molar-refractivity contribution >= 4 is 65.0 Å². The summed E-state index contributed by atoms with van der Waals surface area (Å²) in [6.07, 6.45) is 0. The summed E-state index contributed by atoms with van der Waals surface area (Å²) in [7, 11) is 0. The van der Waals surface area contributed by atoms with Gasteiger partial charge in [0.25, 0.3) is 0 Å². The fourth-order valence-electron chi connectivity index (χ4n) is 7.62. The van der Waals surface area contributed by atoms with Crippen LogP contribution < -0.4 is 0 Å². The van der Waals surface area contributed by atoms with Crippen LogP contribution in [0.15, 0.2) is 162 Å². The Kier molecular flexibility index (Phi) is 5.06. The average molecular weight is 571 g/mol. The first-order valence-electron chi connectivity index (χ1n) is 15.5. The van der Waals surface area contributed by atoms with Gasteiger partial charge in [0.05, 0.1) is 0 Å². The van der Waals surface area contributed by atoms with Crippen LogP contribution in [0.5, 0.6) is 0 Å². The molecular weight excluding hydrogens is 544 g/mol. The molecule has 0 spiro atoms. The minimum atomic E-state index is 0.941. The highest BCUT2D eigenvalue weighted by atomic mass is 16.3. The van der Waals surface area contributed by atoms with Gasteiger partial charge in [-0.15, -0.1) is 0 Å². The Morgan fingerprint density at radius 1 is 0.311 bits per heavy atom. The van der Waals surface area contributed by atoms with Crippen LogP contribution in [0.25, 0.3) is 98.4 Å². The van der Waals surface area contributed by atoms with Gasteiger partial charge in [-0.05, 0) is 107 Å². The molecule has 0 fully saturated rings. The number of furan rings is 1. The molecule has 0 saturated heterocycles. The molecule has 1 aromatic heterocycles. The van der Waals surface area contributed by atoms with Crippen LogP contribution >= 0.6 is 0 Å². The summed E-state index contributed by atoms with van der Waals surface area (Å²) in [5, 5.41) is 12.4. The van der Waals surface area contributed by atoms with Crippen molar-refractivity contribution in [3.8, 4) is 33.4 Å². The van der Waals surface area contributed by atoms with E-state index in [1.165, 1.54) is 87.2 Å². The second kappa shape index (κ2) is 9.29. The first kappa shape index (κ1) is 24.5. The Labute approximate surface area is 259 Å². The number of rotatable bonds is 3. The largest absolute Gasteiger partial charge is 0.456 e. The van der Waals surface area contributed by atoms with Crippen molar-refractivity contribution in [3.05, 3.63) is 158 Å². The van der Waals surface area contributed by atoms with Gasteiger partial charge in [-0.3, -0.25) is 0 Å². The highest BCUT2D eigenvalue weighted by Crippen LogP contribution is 2.48. The SMILES string of the molecule is c1cc(-c2ccc3ccccc3c2)cc(-c2c3ccccc3c(-c3ccc4oc5cccc6ccc3c4c65)c3ccccc23)c1. The van der Waals surface area contributed by atoms with Gasteiger partial charge in [0, 0.05) is 10.8 Å². The van der Waals surface area contributed by atoms with E-state index in [2.05, 4.69) is 158 Å². The molecule has 1 nitrogen and oxygen atoms in total. The number of benzene rings is 9. The maximum atomic E-state index is 6.33. The summed E-state index contributed by atoms with van der Waals surface area (Å²) in [6, 6.07) is 57.4. The van der Waals surface area contributed by atoms with Crippen molar-refractivity contribution in [1.82, 2.24) is 0 Å². The van der Waals surface area contributed by atoms with Crippen LogP contribution in [0.1, 0.15) is 0 Å². The highest BCUT2D eigenvalue weighted by Gasteiger charge is 2.21. The van der Waals surface area contributed by atoms with Crippen molar-refractivity contribution in [2.24, 2.45) is 0 Å². The lowest BCUT2D eigenvalue weighted by Gasteiger charge is -2.19. The predicted molar refractivity (Wildman–Crippen MR) is 191 cm³/mol. The highest BCUT2D eigenvalue weighted by molar-refractivity contribution is 6.28. The van der Waals surface area contributed by atoms with E-state index < -0.39 is 0 Å². The molecule has 9 aromatic carbocycles. The van der Waals surface area contributed by atoms with Crippen LogP contribution in [0.4, 0.5) is 0 Å². The first-order chi connectivity index (χ1) is 22.3. The molecule has 0 N–H and O–H groups in total. The zero-order valence-electron chi connectivity index (χ0n) is 24.4. The molecule has 0 amide bonds. The molecule has 0 unspecified atom stereocenters. The summed E-state index contributed by atoms with van der Waals surface area (Å²) in [5.74, 6) is 0. The van der Waals surface area contributed by atoms with Crippen molar-refractivity contribution in [2.45, 2.75) is 0 Å². The van der Waals surface area contributed by atoms with E-state index in [1.54, 1.807) is 0 Å². The summed E-state index contributed by atoms with van der Waals surface area (Å²) >= 11 is 0. The molecule has 0 bridgehead atoms. The minimum absolute atomic E-state index is 0.941. The molecule has 0 radical (unpaired) electrons. The molecule has 208 valence electrons. The summed E-state index contributed by atoms with van der Waals surface area (Å²) in [4.78, 5) is 0. The van der Waals surface area contributed by atoms with E-state index in [4.69, 9.17) is 4.42 Å². The van der Waals surface area contributed by atoms with Gasteiger partial charge in [-0.2, -0.15) is 0 Å². The summed E-state index contributed by atoms with van der Waals surface area (Å²) in [6.45, 7) is 0. The second-order valence-corrected chi connectivity index (χ2v) is 12.0. The third kappa shape index (κ3) is 3.56. The standard InChI is InChI=1S/C44H26O/c1-2-10-29-25-31(20-19-27(29)9-1)30-12-7-13-32(26-30)41-33-14-3-5-16-35(33)43(36-17-6-4-15-34(36)41)37-23-24-40-44-38(37)22-21-28-11-8-18-39(45-40)42(28)44/h1-26H. The Bertz CT molecular complexity index is 2700. The normalized spacial score (nSPS) is 12.0. The van der Waals surface area contributed by atoms with E-state index in [0.29, 0.717) is 0 Å². The van der Waals surface area contributed by atoms with Crippen molar-refractivity contribution in [2.75, 3.05) is 0 Å². The molecule has 1 heteroatoms. The quantitative estimate of drug-likeness (QED) is 0.152. The summed E-state index contributed by atoms with van der Waals surface area (Å²) in [5.41, 5.74) is 9.34. The van der Waals surface area contributed by atoms with Gasteiger partial charge < -0.3 is 4.42 Å². The number of hydrogen-bond donors (Lipinski definition) is 0. The zero-order valence-corrected chi connectivity index (χ0v) is 24.4. The zero-order chi connectivity index (χ0) is 29.5. The Morgan fingerprint density at radius 3 is 1.71 bits per heavy atom. The van der Waals surface area contributed by atoms with Crippen LogP contribution in [-0.4, -0.2) is 0 Å². The lowest BCUT2D eigenvalue weighted by molar-refractivity contribution is 0.669. The molecule has 0 aliphatic carbocycles. The molecule has 1 heterocycles. The molecule has 10 rings (SSSR count). The van der Waals surface area contributed by atoms with Gasteiger partial charge in [-0.25, -0.2) is 0 Å². The fraction of sp³-hybridized carbons (Fsp3) is 0. The van der Waals surface area contributed by atoms with Gasteiger partial charge >= 0.3 is 0 Å². The lowest BCUT2D eigenvalue weighted by Crippen LogP contribution is -1.92. The van der Waals surface area contributed by atoms with E-state index in [0.717, 1.165) is 11.2 Å². The third-order valence-corrected chi connectivity index (χ3v) is 9.60. The van der Waals surface area contributed by atoms with Crippen molar-refractivity contribution < 1.29 is 4.42 Å². The second-order valence-electron chi connectivity index (χ2n) is 12.0. The van der Waals surface area contributed by atoms with Crippen molar-refractivity contribution in [1.29, 1.82) is 0 Å². The molecular formula is C44H26O. The number of fused-ring (bicyclic) bond motifs is 3. The smallest absolute Gasteiger partial charge is 0.136 e. The van der Waals surface area contributed by atoms with Gasteiger partial charge in [0.15, 0.2) is 0 Å². The van der Waals surface area contributed by atoms with E-state index >= 15 is 0 Å². The molecule has 0 aliphatic rings. The van der Waals surface area contributed by atoms with Crippen LogP contribution in [0.2, 0.25) is 0 Å². The van der Waals surface area contributed by atoms with Crippen LogP contribution in [0.3, 0.4) is 0 Å². The monoisotopic (exact) mass is 570 g/mol. The number of hydrogen-bond acceptors (Lipinski definition) is 1. The van der Waals surface area contributed by atoms with Crippen molar-refractivity contribution in [3.63, 3.8) is 0 Å². The van der Waals surface area contributed by atoms with E-state index in [-0.39, 0.29) is 0 Å². The Balaban J connectivity index is 1.26. The fourth-order valence-corrected chi connectivity index (χ4v) is 7.62. The first-order valence-corrected chi connectivity index (χ1v) is 15.5. The van der Waals surface area contributed by atoms with Gasteiger partial charge in [-0.1, -0.05) is 127 Å². The molecule has 10 aromatic rings. The Hall–Kier alpha value is -5.92. The van der Waals surface area contributed by atoms with E-state index in [1.807, 2.05) is 0 Å². The lowest BCUT2D eigenvalue weighted by atomic mass is 9.84. The Morgan fingerprint density at radius 2 is 0.911 bits per heavy atom. The van der Waals surface area contributed by atoms with Crippen LogP contribution in [0, 0.1) is 0 Å². The predicted octanol–water partition coefficient (Wildman–Crippen LogP) is 12.6. The third-order valence-electron chi connectivity index (χ3n) is 9.60. The maximum absolute atomic E-state index is 6.33. The maximum Gasteiger partial charge on any atom is 0.136 e.